The smallest absolute Gasteiger partial charge is 0.124 e. The summed E-state index contributed by atoms with van der Waals surface area (Å²) < 4.78 is 6.03. The highest BCUT2D eigenvalue weighted by atomic mass is 16.5. The summed E-state index contributed by atoms with van der Waals surface area (Å²) in [6.45, 7) is 4.58. The van der Waals surface area contributed by atoms with Gasteiger partial charge < -0.3 is 9.72 Å². The highest BCUT2D eigenvalue weighted by Gasteiger charge is 2.33. The summed E-state index contributed by atoms with van der Waals surface area (Å²) in [5, 5.41) is 1.34. The van der Waals surface area contributed by atoms with Gasteiger partial charge in [-0.25, -0.2) is 0 Å². The van der Waals surface area contributed by atoms with Crippen LogP contribution in [0.5, 0.6) is 5.75 Å². The Bertz CT molecular complexity index is 1120. The van der Waals surface area contributed by atoms with Crippen LogP contribution in [0.1, 0.15) is 35.3 Å². The molecule has 146 valence electrons. The first-order valence-electron chi connectivity index (χ1n) is 10.3. The molecule has 0 saturated heterocycles. The number of nitrogens with zero attached hydrogens (tertiary/aromatic N) is 2. The number of H-pyrrole nitrogens is 1. The van der Waals surface area contributed by atoms with Crippen LogP contribution in [-0.4, -0.2) is 28.0 Å². The molecule has 3 heterocycles. The van der Waals surface area contributed by atoms with Crippen molar-refractivity contribution in [1.29, 1.82) is 0 Å². The number of hydrogen-bond acceptors (Lipinski definition) is 3. The zero-order chi connectivity index (χ0) is 19.6. The molecule has 2 aromatic carbocycles. The SMILES string of the molecule is CCOc1ccccc1[C@@H]1c2[nH]c3ccccc3c2CCN1Cc1ccncc1. The summed E-state index contributed by atoms with van der Waals surface area (Å²) in [5.74, 6) is 0.964. The quantitative estimate of drug-likeness (QED) is 0.521. The van der Waals surface area contributed by atoms with E-state index in [4.69, 9.17) is 4.74 Å². The molecule has 0 saturated carbocycles. The molecule has 0 amide bonds. The van der Waals surface area contributed by atoms with E-state index >= 15 is 0 Å². The summed E-state index contributed by atoms with van der Waals surface area (Å²) in [6.07, 6.45) is 4.78. The number of aromatic nitrogens is 2. The predicted octanol–water partition coefficient (Wildman–Crippen LogP) is 5.11. The summed E-state index contributed by atoms with van der Waals surface area (Å²) in [7, 11) is 0. The van der Waals surface area contributed by atoms with E-state index in [2.05, 4.69) is 75.5 Å². The molecular formula is C25H25N3O. The summed E-state index contributed by atoms with van der Waals surface area (Å²) in [4.78, 5) is 10.5. The van der Waals surface area contributed by atoms with Crippen LogP contribution < -0.4 is 4.74 Å². The zero-order valence-corrected chi connectivity index (χ0v) is 16.6. The molecule has 0 bridgehead atoms. The molecular weight excluding hydrogens is 358 g/mol. The van der Waals surface area contributed by atoms with E-state index in [-0.39, 0.29) is 6.04 Å². The third-order valence-corrected chi connectivity index (χ3v) is 5.78. The van der Waals surface area contributed by atoms with Crippen LogP contribution in [0.3, 0.4) is 0 Å². The normalized spacial score (nSPS) is 16.7. The summed E-state index contributed by atoms with van der Waals surface area (Å²) in [5.41, 5.74) is 6.43. The number of pyridine rings is 1. The lowest BCUT2D eigenvalue weighted by Gasteiger charge is -2.37. The number of aromatic amines is 1. The van der Waals surface area contributed by atoms with Gasteiger partial charge in [0.25, 0.3) is 0 Å². The van der Waals surface area contributed by atoms with Crippen LogP contribution >= 0.6 is 0 Å². The highest BCUT2D eigenvalue weighted by molar-refractivity contribution is 5.85. The molecule has 1 atom stereocenters. The monoisotopic (exact) mass is 383 g/mol. The van der Waals surface area contributed by atoms with Gasteiger partial charge in [0, 0.05) is 47.6 Å². The van der Waals surface area contributed by atoms with Gasteiger partial charge in [-0.1, -0.05) is 36.4 Å². The van der Waals surface area contributed by atoms with Crippen molar-refractivity contribution < 1.29 is 4.74 Å². The van der Waals surface area contributed by atoms with Gasteiger partial charge in [-0.15, -0.1) is 0 Å². The van der Waals surface area contributed by atoms with Crippen LogP contribution in [0.2, 0.25) is 0 Å². The molecule has 0 aliphatic carbocycles. The van der Waals surface area contributed by atoms with Gasteiger partial charge in [-0.3, -0.25) is 9.88 Å². The first kappa shape index (κ1) is 18.0. The third-order valence-electron chi connectivity index (χ3n) is 5.78. The lowest BCUT2D eigenvalue weighted by Crippen LogP contribution is -2.35. The van der Waals surface area contributed by atoms with Crippen molar-refractivity contribution in [3.8, 4) is 5.75 Å². The number of ether oxygens (including phenoxy) is 1. The van der Waals surface area contributed by atoms with E-state index in [0.29, 0.717) is 6.61 Å². The van der Waals surface area contributed by atoms with Crippen molar-refractivity contribution in [2.45, 2.75) is 25.9 Å². The molecule has 1 aliphatic heterocycles. The number of rotatable bonds is 5. The average molecular weight is 383 g/mol. The Morgan fingerprint density at radius 3 is 2.69 bits per heavy atom. The molecule has 1 aliphatic rings. The van der Waals surface area contributed by atoms with Crippen LogP contribution in [0, 0.1) is 0 Å². The van der Waals surface area contributed by atoms with Crippen LogP contribution in [0.15, 0.2) is 73.1 Å². The Morgan fingerprint density at radius 1 is 1.03 bits per heavy atom. The molecule has 0 fully saturated rings. The Morgan fingerprint density at radius 2 is 1.83 bits per heavy atom. The minimum Gasteiger partial charge on any atom is -0.494 e. The van der Waals surface area contributed by atoms with Crippen LogP contribution in [-0.2, 0) is 13.0 Å². The molecule has 4 aromatic rings. The standard InChI is InChI=1S/C25H25N3O/c1-2-29-23-10-6-4-8-21(23)25-24-20(19-7-3-5-9-22(19)27-24)13-16-28(25)17-18-11-14-26-15-12-18/h3-12,14-15,25,27H,2,13,16-17H2,1H3/t25-/m1/s1. The van der Waals surface area contributed by atoms with Crippen molar-refractivity contribution >= 4 is 10.9 Å². The minimum atomic E-state index is 0.127. The van der Waals surface area contributed by atoms with Gasteiger partial charge in [0.05, 0.1) is 12.6 Å². The Balaban J connectivity index is 1.65. The topological polar surface area (TPSA) is 41.1 Å². The lowest BCUT2D eigenvalue weighted by atomic mass is 9.91. The van der Waals surface area contributed by atoms with Gasteiger partial charge in [0.1, 0.15) is 5.75 Å². The largest absolute Gasteiger partial charge is 0.494 e. The van der Waals surface area contributed by atoms with Gasteiger partial charge in [0.15, 0.2) is 0 Å². The Labute approximate surface area is 171 Å². The Hall–Kier alpha value is -3.11. The number of nitrogens with one attached hydrogen (secondary N) is 1. The second kappa shape index (κ2) is 7.72. The van der Waals surface area contributed by atoms with E-state index in [1.807, 2.05) is 19.3 Å². The predicted molar refractivity (Wildman–Crippen MR) is 116 cm³/mol. The maximum Gasteiger partial charge on any atom is 0.124 e. The second-order valence-electron chi connectivity index (χ2n) is 7.51. The van der Waals surface area contributed by atoms with Crippen LogP contribution in [0.4, 0.5) is 0 Å². The maximum absolute atomic E-state index is 6.03. The van der Waals surface area contributed by atoms with E-state index in [9.17, 15) is 0 Å². The van der Waals surface area contributed by atoms with E-state index in [0.717, 1.165) is 25.3 Å². The van der Waals surface area contributed by atoms with E-state index < -0.39 is 0 Å². The summed E-state index contributed by atoms with van der Waals surface area (Å²) in [6, 6.07) is 21.4. The van der Waals surface area contributed by atoms with E-state index in [1.54, 1.807) is 0 Å². The van der Waals surface area contributed by atoms with Gasteiger partial charge in [0.2, 0.25) is 0 Å². The lowest BCUT2D eigenvalue weighted by molar-refractivity contribution is 0.197. The molecule has 0 spiro atoms. The minimum absolute atomic E-state index is 0.127. The van der Waals surface area contributed by atoms with Crippen molar-refractivity contribution in [3.63, 3.8) is 0 Å². The highest BCUT2D eigenvalue weighted by Crippen LogP contribution is 2.41. The van der Waals surface area contributed by atoms with Gasteiger partial charge >= 0.3 is 0 Å². The maximum atomic E-state index is 6.03. The van der Waals surface area contributed by atoms with Crippen molar-refractivity contribution in [1.82, 2.24) is 14.9 Å². The average Bonchev–Trinajstić information content (AvgIpc) is 3.14. The Kier molecular flexibility index (Phi) is 4.78. The van der Waals surface area contributed by atoms with Gasteiger partial charge in [-0.2, -0.15) is 0 Å². The fourth-order valence-electron chi connectivity index (χ4n) is 4.53. The molecule has 2 aromatic heterocycles. The van der Waals surface area contributed by atoms with Crippen molar-refractivity contribution in [2.75, 3.05) is 13.2 Å². The van der Waals surface area contributed by atoms with Gasteiger partial charge in [-0.05, 0) is 48.7 Å². The number of hydrogen-bond donors (Lipinski definition) is 1. The van der Waals surface area contributed by atoms with Crippen molar-refractivity contribution in [2.24, 2.45) is 0 Å². The third kappa shape index (κ3) is 3.30. The molecule has 5 rings (SSSR count). The molecule has 0 radical (unpaired) electrons. The number of fused-ring (bicyclic) bond motifs is 3. The molecule has 4 nitrogen and oxygen atoms in total. The molecule has 4 heteroatoms. The number of para-hydroxylation sites is 2. The molecule has 1 N–H and O–H groups in total. The summed E-state index contributed by atoms with van der Waals surface area (Å²) >= 11 is 0. The van der Waals surface area contributed by atoms with Crippen molar-refractivity contribution in [3.05, 3.63) is 95.4 Å². The number of benzene rings is 2. The fourth-order valence-corrected chi connectivity index (χ4v) is 4.53. The molecule has 29 heavy (non-hydrogen) atoms. The van der Waals surface area contributed by atoms with E-state index in [1.165, 1.54) is 33.3 Å². The second-order valence-corrected chi connectivity index (χ2v) is 7.51. The van der Waals surface area contributed by atoms with Crippen LogP contribution in [0.25, 0.3) is 10.9 Å². The fraction of sp³-hybridized carbons (Fsp3) is 0.240. The first-order chi connectivity index (χ1) is 14.3. The zero-order valence-electron chi connectivity index (χ0n) is 16.6. The first-order valence-corrected chi connectivity index (χ1v) is 10.3. The molecule has 0 unspecified atom stereocenters.